The largest absolute Gasteiger partial charge is 0.508 e. The van der Waals surface area contributed by atoms with Gasteiger partial charge in [0, 0.05) is 16.1 Å². The summed E-state index contributed by atoms with van der Waals surface area (Å²) in [6.45, 7) is 0. The predicted molar refractivity (Wildman–Crippen MR) is 114 cm³/mol. The van der Waals surface area contributed by atoms with Crippen LogP contribution in [0.5, 0.6) is 11.5 Å². The van der Waals surface area contributed by atoms with Crippen LogP contribution in [-0.2, 0) is 14.9 Å². The molecule has 152 valence electrons. The van der Waals surface area contributed by atoms with E-state index in [4.69, 9.17) is 46.4 Å². The first-order chi connectivity index (χ1) is 13.5. The molecule has 3 aromatic rings. The summed E-state index contributed by atoms with van der Waals surface area (Å²) in [7, 11) is -5.16. The minimum Gasteiger partial charge on any atom is -0.508 e. The minimum absolute atomic E-state index is 0.0223. The Morgan fingerprint density at radius 2 is 1.38 bits per heavy atom. The molecule has 0 saturated carbocycles. The summed E-state index contributed by atoms with van der Waals surface area (Å²) in [6.07, 6.45) is 0. The summed E-state index contributed by atoms with van der Waals surface area (Å²) in [5.41, 5.74) is -0.785. The van der Waals surface area contributed by atoms with Gasteiger partial charge in [0.05, 0.1) is 15.1 Å². The van der Waals surface area contributed by atoms with Gasteiger partial charge >= 0.3 is 0 Å². The second kappa shape index (κ2) is 7.87. The van der Waals surface area contributed by atoms with E-state index in [1.165, 1.54) is 36.4 Å². The molecule has 1 atom stereocenters. The molecule has 29 heavy (non-hydrogen) atoms. The SMILES string of the molecule is O=S(=O)(O)C(c1ccccc1)(c1cc(Cl)cc(Cl)c1Cl)c1c(O)ccc(O)c1Cl. The normalized spacial score (nSPS) is 13.8. The van der Waals surface area contributed by atoms with Crippen molar-refractivity contribution in [1.29, 1.82) is 0 Å². The van der Waals surface area contributed by atoms with Crippen molar-refractivity contribution in [2.45, 2.75) is 4.75 Å². The highest BCUT2D eigenvalue weighted by molar-refractivity contribution is 7.87. The van der Waals surface area contributed by atoms with Crippen LogP contribution in [0.3, 0.4) is 0 Å². The molecule has 0 saturated heterocycles. The molecule has 3 aromatic carbocycles. The molecule has 0 heterocycles. The second-order valence-corrected chi connectivity index (χ2v) is 9.23. The van der Waals surface area contributed by atoms with Gasteiger partial charge in [-0.1, -0.05) is 76.7 Å². The van der Waals surface area contributed by atoms with Gasteiger partial charge in [0.25, 0.3) is 10.1 Å². The third-order valence-electron chi connectivity index (χ3n) is 4.39. The average molecular weight is 494 g/mol. The van der Waals surface area contributed by atoms with Crippen LogP contribution in [0.25, 0.3) is 0 Å². The Kier molecular flexibility index (Phi) is 5.98. The second-order valence-electron chi connectivity index (χ2n) is 6.06. The van der Waals surface area contributed by atoms with Crippen molar-refractivity contribution in [2.75, 3.05) is 0 Å². The Labute approximate surface area is 186 Å². The number of hydrogen-bond acceptors (Lipinski definition) is 4. The number of benzene rings is 3. The number of phenols is 2. The number of hydrogen-bond donors (Lipinski definition) is 3. The topological polar surface area (TPSA) is 94.8 Å². The van der Waals surface area contributed by atoms with Gasteiger partial charge < -0.3 is 10.2 Å². The third kappa shape index (κ3) is 3.54. The third-order valence-corrected chi connectivity index (χ3v) is 7.23. The summed E-state index contributed by atoms with van der Waals surface area (Å²) < 4.78 is 34.0. The fraction of sp³-hybridized carbons (Fsp3) is 0.0526. The lowest BCUT2D eigenvalue weighted by Crippen LogP contribution is -2.39. The van der Waals surface area contributed by atoms with Crippen molar-refractivity contribution in [2.24, 2.45) is 0 Å². The van der Waals surface area contributed by atoms with E-state index in [2.05, 4.69) is 0 Å². The van der Waals surface area contributed by atoms with Crippen LogP contribution < -0.4 is 0 Å². The number of halogens is 4. The van der Waals surface area contributed by atoms with E-state index in [-0.39, 0.29) is 26.2 Å². The first-order valence-corrected chi connectivity index (χ1v) is 10.9. The molecule has 3 rings (SSSR count). The van der Waals surface area contributed by atoms with Crippen LogP contribution in [0.4, 0.5) is 0 Å². The summed E-state index contributed by atoms with van der Waals surface area (Å²) >= 11 is 24.8. The molecule has 0 amide bonds. The lowest BCUT2D eigenvalue weighted by Gasteiger charge is -2.34. The smallest absolute Gasteiger partial charge is 0.283 e. The summed E-state index contributed by atoms with van der Waals surface area (Å²) in [5.74, 6) is -1.13. The van der Waals surface area contributed by atoms with Gasteiger partial charge in [-0.3, -0.25) is 4.55 Å². The van der Waals surface area contributed by atoms with E-state index in [1.54, 1.807) is 6.07 Å². The zero-order valence-corrected chi connectivity index (χ0v) is 18.1. The van der Waals surface area contributed by atoms with Crippen LogP contribution in [0.1, 0.15) is 16.7 Å². The van der Waals surface area contributed by atoms with Gasteiger partial charge in [0.1, 0.15) is 11.5 Å². The van der Waals surface area contributed by atoms with Gasteiger partial charge in [-0.25, -0.2) is 0 Å². The highest BCUT2D eigenvalue weighted by Crippen LogP contribution is 2.54. The molecule has 0 aromatic heterocycles. The zero-order valence-electron chi connectivity index (χ0n) is 14.3. The average Bonchev–Trinajstić information content (AvgIpc) is 2.65. The molecule has 0 bridgehead atoms. The van der Waals surface area contributed by atoms with Crippen LogP contribution in [0.15, 0.2) is 54.6 Å². The molecule has 0 aliphatic carbocycles. The van der Waals surface area contributed by atoms with Gasteiger partial charge in [-0.15, -0.1) is 0 Å². The van der Waals surface area contributed by atoms with Gasteiger partial charge in [-0.2, -0.15) is 8.42 Å². The molecular formula is C19H12Cl4O5S. The Hall–Kier alpha value is -1.67. The lowest BCUT2D eigenvalue weighted by molar-refractivity contribution is 0.434. The minimum atomic E-state index is -5.16. The fourth-order valence-electron chi connectivity index (χ4n) is 3.23. The Bertz CT molecular complexity index is 1200. The highest BCUT2D eigenvalue weighted by Gasteiger charge is 2.53. The Balaban J connectivity index is 2.69. The van der Waals surface area contributed by atoms with Crippen molar-refractivity contribution < 1.29 is 23.2 Å². The van der Waals surface area contributed by atoms with E-state index in [0.29, 0.717) is 0 Å². The zero-order chi connectivity index (χ0) is 21.6. The number of aromatic hydroxyl groups is 2. The van der Waals surface area contributed by atoms with E-state index < -0.39 is 37.0 Å². The highest BCUT2D eigenvalue weighted by atomic mass is 35.5. The number of rotatable bonds is 4. The van der Waals surface area contributed by atoms with E-state index >= 15 is 0 Å². The van der Waals surface area contributed by atoms with Crippen molar-refractivity contribution in [3.05, 3.63) is 91.4 Å². The van der Waals surface area contributed by atoms with Crippen molar-refractivity contribution in [3.63, 3.8) is 0 Å². The number of phenolic OH excluding ortho intramolecular Hbond substituents is 2. The standard InChI is InChI=1S/C19H12Cl4O5S/c20-11-8-12(17(22)13(21)9-11)19(29(26,27)28,10-4-2-1-3-5-10)16-14(24)6-7-15(25)18(16)23/h1-9,24-25H,(H,26,27,28). The molecule has 3 N–H and O–H groups in total. The quantitative estimate of drug-likeness (QED) is 0.182. The summed E-state index contributed by atoms with van der Waals surface area (Å²) in [4.78, 5) is 0. The maximum absolute atomic E-state index is 13.0. The molecular weight excluding hydrogens is 482 g/mol. The molecule has 0 aliphatic heterocycles. The monoisotopic (exact) mass is 492 g/mol. The van der Waals surface area contributed by atoms with Crippen LogP contribution in [0.2, 0.25) is 20.1 Å². The molecule has 5 nitrogen and oxygen atoms in total. The Morgan fingerprint density at radius 1 is 0.793 bits per heavy atom. The van der Waals surface area contributed by atoms with Gasteiger partial charge in [0.2, 0.25) is 0 Å². The first kappa shape index (κ1) is 22.0. The van der Waals surface area contributed by atoms with Crippen molar-refractivity contribution in [3.8, 4) is 11.5 Å². The van der Waals surface area contributed by atoms with Crippen LogP contribution in [0, 0.1) is 0 Å². The predicted octanol–water partition coefficient (Wildman–Crippen LogP) is 5.89. The van der Waals surface area contributed by atoms with Gasteiger partial charge in [0.15, 0.2) is 4.75 Å². The van der Waals surface area contributed by atoms with Crippen LogP contribution >= 0.6 is 46.4 Å². The molecule has 10 heteroatoms. The van der Waals surface area contributed by atoms with Crippen molar-refractivity contribution in [1.82, 2.24) is 0 Å². The Morgan fingerprint density at radius 3 is 1.97 bits per heavy atom. The molecule has 1 unspecified atom stereocenters. The van der Waals surface area contributed by atoms with Crippen molar-refractivity contribution >= 4 is 56.5 Å². The van der Waals surface area contributed by atoms with E-state index in [0.717, 1.165) is 12.1 Å². The molecule has 0 fully saturated rings. The van der Waals surface area contributed by atoms with Gasteiger partial charge in [-0.05, 0) is 29.8 Å². The van der Waals surface area contributed by atoms with E-state index in [1.807, 2.05) is 0 Å². The van der Waals surface area contributed by atoms with Crippen LogP contribution in [-0.4, -0.2) is 23.2 Å². The van der Waals surface area contributed by atoms with E-state index in [9.17, 15) is 23.2 Å². The molecule has 0 spiro atoms. The molecule has 0 radical (unpaired) electrons. The lowest BCUT2D eigenvalue weighted by atomic mass is 9.83. The summed E-state index contributed by atoms with van der Waals surface area (Å²) in [6, 6.07) is 12.0. The first-order valence-electron chi connectivity index (χ1n) is 7.90. The summed E-state index contributed by atoms with van der Waals surface area (Å²) in [5, 5.41) is 19.9. The molecule has 0 aliphatic rings. The maximum Gasteiger partial charge on any atom is 0.283 e. The fourth-order valence-corrected chi connectivity index (χ4v) is 5.72. The maximum atomic E-state index is 13.0.